The number of aromatic nitrogens is 2. The molecule has 1 aliphatic carbocycles. The number of rotatable bonds is 9. The molecule has 9 nitrogen and oxygen atoms in total. The zero-order valence-electron chi connectivity index (χ0n) is 19.7. The summed E-state index contributed by atoms with van der Waals surface area (Å²) < 4.78 is 26.8. The number of nitrogens with zero attached hydrogens (tertiary/aromatic N) is 2. The third kappa shape index (κ3) is 6.28. The Bertz CT molecular complexity index is 1360. The van der Waals surface area contributed by atoms with Crippen molar-refractivity contribution in [1.29, 1.82) is 0 Å². The highest BCUT2D eigenvalue weighted by molar-refractivity contribution is 7.84. The Balaban J connectivity index is 1.51. The monoisotopic (exact) mass is 550 g/mol. The summed E-state index contributed by atoms with van der Waals surface area (Å²) in [5.41, 5.74) is 2.43. The lowest BCUT2D eigenvalue weighted by Crippen LogP contribution is -2.24. The third-order valence-electron chi connectivity index (χ3n) is 6.40. The van der Waals surface area contributed by atoms with Gasteiger partial charge in [-0.25, -0.2) is 15.1 Å². The number of anilines is 1. The third-order valence-corrected chi connectivity index (χ3v) is 8.16. The fourth-order valence-corrected chi connectivity index (χ4v) is 6.15. The summed E-state index contributed by atoms with van der Waals surface area (Å²) in [4.78, 5) is 23.4. The summed E-state index contributed by atoms with van der Waals surface area (Å²) in [5.74, 6) is -0.209. The van der Waals surface area contributed by atoms with Gasteiger partial charge in [0, 0.05) is 34.0 Å². The second-order valence-electron chi connectivity index (χ2n) is 8.93. The van der Waals surface area contributed by atoms with E-state index in [1.807, 2.05) is 37.3 Å². The molecule has 0 radical (unpaired) electrons. The van der Waals surface area contributed by atoms with Crippen LogP contribution in [0, 0.1) is 12.8 Å². The zero-order valence-corrected chi connectivity index (χ0v) is 22.1. The number of hydrogen-bond acceptors (Lipinski definition) is 9. The number of thiophene rings is 1. The van der Waals surface area contributed by atoms with E-state index < -0.39 is 22.3 Å². The summed E-state index contributed by atoms with van der Waals surface area (Å²) in [6.07, 6.45) is 2.81. The number of nitrogens with two attached hydrogens (primary N) is 1. The van der Waals surface area contributed by atoms with E-state index in [0.717, 1.165) is 16.0 Å². The molecule has 12 heteroatoms. The molecular formula is C24H27ClN4O5S2. The number of hydrogen-bond donors (Lipinski definition) is 3. The van der Waals surface area contributed by atoms with E-state index in [1.165, 1.54) is 23.9 Å². The van der Waals surface area contributed by atoms with Crippen LogP contribution in [0.1, 0.15) is 56.9 Å². The van der Waals surface area contributed by atoms with Gasteiger partial charge in [0.05, 0.1) is 23.2 Å². The van der Waals surface area contributed by atoms with Crippen LogP contribution in [0.15, 0.2) is 42.9 Å². The van der Waals surface area contributed by atoms with Crippen LogP contribution in [0.5, 0.6) is 0 Å². The van der Waals surface area contributed by atoms with Crippen LogP contribution < -0.4 is 10.5 Å². The highest BCUT2D eigenvalue weighted by atomic mass is 35.5. The van der Waals surface area contributed by atoms with Crippen LogP contribution >= 0.6 is 22.9 Å². The van der Waals surface area contributed by atoms with Crippen LogP contribution in [0.4, 0.5) is 5.82 Å². The van der Waals surface area contributed by atoms with Crippen LogP contribution in [0.2, 0.25) is 5.02 Å². The van der Waals surface area contributed by atoms with Gasteiger partial charge in [-0.15, -0.1) is 11.3 Å². The predicted molar refractivity (Wildman–Crippen MR) is 139 cm³/mol. The van der Waals surface area contributed by atoms with Crippen molar-refractivity contribution >= 4 is 44.8 Å². The van der Waals surface area contributed by atoms with Gasteiger partial charge >= 0.3 is 10.3 Å². The van der Waals surface area contributed by atoms with Gasteiger partial charge in [-0.2, -0.15) is 8.42 Å². The Hall–Kier alpha value is -2.41. The van der Waals surface area contributed by atoms with E-state index in [4.69, 9.17) is 16.7 Å². The molecule has 0 bridgehead atoms. The first-order valence-electron chi connectivity index (χ1n) is 11.3. The summed E-state index contributed by atoms with van der Waals surface area (Å²) in [6, 6.07) is 9.35. The molecular weight excluding hydrogens is 524 g/mol. The normalized spacial score (nSPS) is 20.9. The Kier molecular flexibility index (Phi) is 8.08. The molecule has 4 rings (SSSR count). The van der Waals surface area contributed by atoms with Gasteiger partial charge in [-0.05, 0) is 49.1 Å². The largest absolute Gasteiger partial charge is 0.393 e. The van der Waals surface area contributed by atoms with Crippen LogP contribution in [0.25, 0.3) is 0 Å². The number of aliphatic hydroxyl groups is 1. The van der Waals surface area contributed by atoms with Crippen LogP contribution in [-0.2, 0) is 14.5 Å². The van der Waals surface area contributed by atoms with E-state index in [2.05, 4.69) is 26.4 Å². The molecule has 2 heterocycles. The van der Waals surface area contributed by atoms with Crippen molar-refractivity contribution < 1.29 is 22.5 Å². The van der Waals surface area contributed by atoms with Gasteiger partial charge in [0.2, 0.25) is 5.78 Å². The quantitative estimate of drug-likeness (QED) is 0.342. The van der Waals surface area contributed by atoms with Crippen LogP contribution in [-0.4, -0.2) is 48.0 Å². The van der Waals surface area contributed by atoms with Crippen molar-refractivity contribution in [2.75, 3.05) is 11.9 Å². The smallest absolute Gasteiger partial charge is 0.333 e. The number of ketones is 1. The lowest BCUT2D eigenvalue weighted by atomic mass is 9.93. The van der Waals surface area contributed by atoms with E-state index in [9.17, 15) is 18.3 Å². The van der Waals surface area contributed by atoms with Gasteiger partial charge in [0.25, 0.3) is 0 Å². The first-order valence-corrected chi connectivity index (χ1v) is 14.0. The molecule has 4 atom stereocenters. The average molecular weight is 551 g/mol. The predicted octanol–water partition coefficient (Wildman–Crippen LogP) is 3.65. The summed E-state index contributed by atoms with van der Waals surface area (Å²) in [5, 5.41) is 19.1. The molecule has 1 fully saturated rings. The summed E-state index contributed by atoms with van der Waals surface area (Å²) >= 11 is 7.58. The summed E-state index contributed by atoms with van der Waals surface area (Å²) in [6.45, 7) is 3.85. The maximum atomic E-state index is 13.5. The van der Waals surface area contributed by atoms with Crippen LogP contribution in [0.3, 0.4) is 0 Å². The van der Waals surface area contributed by atoms with E-state index in [1.54, 1.807) is 0 Å². The molecule has 1 aromatic carbocycles. The Labute approximate surface area is 219 Å². The van der Waals surface area contributed by atoms with Gasteiger partial charge < -0.3 is 10.4 Å². The maximum Gasteiger partial charge on any atom is 0.333 e. The maximum absolute atomic E-state index is 13.5. The van der Waals surface area contributed by atoms with Crippen molar-refractivity contribution in [3.63, 3.8) is 0 Å². The summed E-state index contributed by atoms with van der Waals surface area (Å²) in [7, 11) is -4.09. The molecule has 1 saturated carbocycles. The van der Waals surface area contributed by atoms with E-state index in [-0.39, 0.29) is 24.3 Å². The first kappa shape index (κ1) is 26.6. The highest BCUT2D eigenvalue weighted by Gasteiger charge is 2.35. The molecule has 0 unspecified atom stereocenters. The molecule has 2 aromatic heterocycles. The fraction of sp³-hybridized carbons (Fsp3) is 0.375. The van der Waals surface area contributed by atoms with Gasteiger partial charge in [-0.1, -0.05) is 30.7 Å². The molecule has 0 saturated heterocycles. The number of aryl methyl sites for hydroxylation is 1. The number of carbonyl (C=O) groups is 1. The van der Waals surface area contributed by atoms with Crippen molar-refractivity contribution in [2.45, 2.75) is 44.8 Å². The number of nitrogens with one attached hydrogen (secondary N) is 1. The number of benzene rings is 1. The fourth-order valence-electron chi connectivity index (χ4n) is 4.51. The minimum atomic E-state index is -4.09. The van der Waals surface area contributed by atoms with Gasteiger partial charge in [0.1, 0.15) is 12.1 Å². The highest BCUT2D eigenvalue weighted by Crippen LogP contribution is 2.35. The van der Waals surface area contributed by atoms with Crippen molar-refractivity contribution in [3.8, 4) is 0 Å². The average Bonchev–Trinajstić information content (AvgIpc) is 3.38. The number of aliphatic hydroxyl groups excluding tert-OH is 1. The number of carbonyl (C=O) groups excluding carboxylic acids is 1. The second kappa shape index (κ2) is 10.9. The molecule has 36 heavy (non-hydrogen) atoms. The van der Waals surface area contributed by atoms with Crippen molar-refractivity contribution in [3.05, 3.63) is 74.3 Å². The molecule has 0 aliphatic heterocycles. The van der Waals surface area contributed by atoms with Gasteiger partial charge in [0.15, 0.2) is 0 Å². The molecule has 4 N–H and O–H groups in total. The van der Waals surface area contributed by atoms with Crippen molar-refractivity contribution in [2.24, 2.45) is 11.1 Å². The minimum absolute atomic E-state index is 0.0579. The topological polar surface area (TPSA) is 144 Å². The lowest BCUT2D eigenvalue weighted by Gasteiger charge is -2.15. The SMILES string of the molecule is Cc1sc(C(=O)c2cncnc2N[C@@H]2C[C@H](COS(N)(=O)=O)[C@@H](O)C2)cc1[C@H](C)c1cccc(Cl)c1. The molecule has 192 valence electrons. The molecule has 3 aromatic rings. The Morgan fingerprint density at radius 1 is 1.36 bits per heavy atom. The van der Waals surface area contributed by atoms with E-state index in [0.29, 0.717) is 34.1 Å². The Morgan fingerprint density at radius 2 is 2.14 bits per heavy atom. The van der Waals surface area contributed by atoms with Crippen molar-refractivity contribution in [1.82, 2.24) is 9.97 Å². The standard InChI is InChI=1S/C24H27ClN4O5S2/c1-13(15-4-3-5-17(25)6-15)19-9-22(35-14(19)2)23(31)20-10-27-12-28-24(20)29-18-7-16(21(30)8-18)11-34-36(26,32)33/h3-6,9-10,12-13,16,18,21,30H,7-8,11H2,1-2H3,(H2,26,32,33)(H,27,28,29)/t13-,16-,18-,21+/m1/s1. The first-order chi connectivity index (χ1) is 17.0. The second-order valence-corrected chi connectivity index (χ2v) is 11.8. The minimum Gasteiger partial charge on any atom is -0.393 e. The lowest BCUT2D eigenvalue weighted by molar-refractivity contribution is 0.101. The Morgan fingerprint density at radius 3 is 2.86 bits per heavy atom. The number of halogens is 1. The molecule has 1 aliphatic rings. The van der Waals surface area contributed by atoms with Gasteiger partial charge in [-0.3, -0.25) is 8.98 Å². The molecule has 0 spiro atoms. The molecule has 0 amide bonds. The zero-order chi connectivity index (χ0) is 26.0. The van der Waals surface area contributed by atoms with E-state index >= 15 is 0 Å².